The highest BCUT2D eigenvalue weighted by Gasteiger charge is 2.11. The quantitative estimate of drug-likeness (QED) is 0.634. The molecule has 3 aromatic rings. The molecule has 1 aromatic heterocycles. The Morgan fingerprint density at radius 3 is 2.65 bits per heavy atom. The van der Waals surface area contributed by atoms with Crippen LogP contribution in [0.15, 0.2) is 60.9 Å². The lowest BCUT2D eigenvalue weighted by molar-refractivity contribution is 0.0947. The minimum atomic E-state index is -0.105. The van der Waals surface area contributed by atoms with Crippen LogP contribution < -0.4 is 0 Å². The van der Waals surface area contributed by atoms with E-state index in [-0.39, 0.29) is 5.91 Å². The zero-order valence-corrected chi connectivity index (χ0v) is 9.08. The van der Waals surface area contributed by atoms with Gasteiger partial charge in [-0.3, -0.25) is 4.79 Å². The molecule has 0 N–H and O–H groups in total. The van der Waals surface area contributed by atoms with Crippen LogP contribution in [-0.2, 0) is 0 Å². The van der Waals surface area contributed by atoms with Crippen molar-refractivity contribution in [3.63, 3.8) is 0 Å². The van der Waals surface area contributed by atoms with Gasteiger partial charge in [-0.1, -0.05) is 36.4 Å². The molecule has 0 atom stereocenters. The Morgan fingerprint density at radius 2 is 1.82 bits per heavy atom. The Balaban J connectivity index is 2.21. The molecule has 3 nitrogen and oxygen atoms in total. The van der Waals surface area contributed by atoms with Gasteiger partial charge in [-0.25, -0.2) is 4.68 Å². The average molecular weight is 222 g/mol. The van der Waals surface area contributed by atoms with E-state index in [0.717, 1.165) is 10.8 Å². The molecule has 0 unspecified atom stereocenters. The molecular weight excluding hydrogens is 212 g/mol. The van der Waals surface area contributed by atoms with Crippen LogP contribution in [0.2, 0.25) is 0 Å². The normalized spacial score (nSPS) is 10.6. The second-order valence-corrected chi connectivity index (χ2v) is 3.78. The van der Waals surface area contributed by atoms with Crippen molar-refractivity contribution in [3.05, 3.63) is 66.5 Å². The van der Waals surface area contributed by atoms with Gasteiger partial charge in [-0.2, -0.15) is 5.10 Å². The van der Waals surface area contributed by atoms with Crippen LogP contribution in [0.5, 0.6) is 0 Å². The Kier molecular flexibility index (Phi) is 2.22. The summed E-state index contributed by atoms with van der Waals surface area (Å²) >= 11 is 0. The molecule has 17 heavy (non-hydrogen) atoms. The van der Waals surface area contributed by atoms with Crippen LogP contribution in [0.25, 0.3) is 10.8 Å². The number of hydrogen-bond donors (Lipinski definition) is 0. The SMILES string of the molecule is O=C(c1cccc2ccccc12)n1cccn1. The topological polar surface area (TPSA) is 34.9 Å². The van der Waals surface area contributed by atoms with Crippen molar-refractivity contribution in [2.45, 2.75) is 0 Å². The Hall–Kier alpha value is -2.42. The molecule has 0 spiro atoms. The van der Waals surface area contributed by atoms with E-state index in [9.17, 15) is 4.79 Å². The van der Waals surface area contributed by atoms with E-state index in [1.807, 2.05) is 42.5 Å². The van der Waals surface area contributed by atoms with Gasteiger partial charge in [0.1, 0.15) is 0 Å². The van der Waals surface area contributed by atoms with E-state index in [1.165, 1.54) is 4.68 Å². The monoisotopic (exact) mass is 222 g/mol. The summed E-state index contributed by atoms with van der Waals surface area (Å²) in [7, 11) is 0. The van der Waals surface area contributed by atoms with Crippen molar-refractivity contribution < 1.29 is 4.79 Å². The zero-order valence-electron chi connectivity index (χ0n) is 9.08. The molecule has 1 heterocycles. The molecule has 0 aliphatic carbocycles. The number of benzene rings is 2. The summed E-state index contributed by atoms with van der Waals surface area (Å²) in [5.41, 5.74) is 0.673. The Bertz CT molecular complexity index is 666. The van der Waals surface area contributed by atoms with Gasteiger partial charge in [0.2, 0.25) is 0 Å². The smallest absolute Gasteiger partial charge is 0.267 e. The third-order valence-corrected chi connectivity index (χ3v) is 2.73. The molecule has 0 radical (unpaired) electrons. The van der Waals surface area contributed by atoms with Gasteiger partial charge < -0.3 is 0 Å². The van der Waals surface area contributed by atoms with E-state index >= 15 is 0 Å². The van der Waals surface area contributed by atoms with Crippen LogP contribution in [0.3, 0.4) is 0 Å². The number of nitrogens with zero attached hydrogens (tertiary/aromatic N) is 2. The summed E-state index contributed by atoms with van der Waals surface area (Å²) in [5.74, 6) is -0.105. The second kappa shape index (κ2) is 3.87. The Morgan fingerprint density at radius 1 is 1.00 bits per heavy atom. The maximum atomic E-state index is 12.2. The fourth-order valence-electron chi connectivity index (χ4n) is 1.92. The predicted molar refractivity (Wildman–Crippen MR) is 65.9 cm³/mol. The van der Waals surface area contributed by atoms with Crippen molar-refractivity contribution in [1.29, 1.82) is 0 Å². The molecule has 0 fully saturated rings. The molecule has 0 aliphatic rings. The number of fused-ring (bicyclic) bond motifs is 1. The number of rotatable bonds is 1. The molecule has 3 heteroatoms. The summed E-state index contributed by atoms with van der Waals surface area (Å²) in [4.78, 5) is 12.2. The fraction of sp³-hybridized carbons (Fsp3) is 0. The summed E-state index contributed by atoms with van der Waals surface area (Å²) in [6, 6.07) is 15.3. The molecule has 82 valence electrons. The van der Waals surface area contributed by atoms with Crippen LogP contribution in [-0.4, -0.2) is 15.7 Å². The standard InChI is InChI=1S/C14H10N2O/c17-14(16-10-4-9-15-16)13-8-3-6-11-5-1-2-7-12(11)13/h1-10H. The molecule has 0 aliphatic heterocycles. The van der Waals surface area contributed by atoms with E-state index in [4.69, 9.17) is 0 Å². The lowest BCUT2D eigenvalue weighted by Gasteiger charge is -2.05. The lowest BCUT2D eigenvalue weighted by atomic mass is 10.0. The second-order valence-electron chi connectivity index (χ2n) is 3.78. The van der Waals surface area contributed by atoms with E-state index in [1.54, 1.807) is 18.5 Å². The van der Waals surface area contributed by atoms with E-state index in [2.05, 4.69) is 5.10 Å². The summed E-state index contributed by atoms with van der Waals surface area (Å²) in [6.07, 6.45) is 3.26. The number of carbonyl (C=O) groups excluding carboxylic acids is 1. The molecular formula is C14H10N2O. The lowest BCUT2D eigenvalue weighted by Crippen LogP contribution is -2.12. The molecule has 0 amide bonds. The van der Waals surface area contributed by atoms with Gasteiger partial charge in [-0.05, 0) is 22.9 Å². The van der Waals surface area contributed by atoms with Crippen LogP contribution in [0.1, 0.15) is 10.4 Å². The van der Waals surface area contributed by atoms with Crippen molar-refractivity contribution in [1.82, 2.24) is 9.78 Å². The highest BCUT2D eigenvalue weighted by molar-refractivity contribution is 6.07. The maximum absolute atomic E-state index is 12.2. The van der Waals surface area contributed by atoms with Gasteiger partial charge in [-0.15, -0.1) is 0 Å². The molecule has 3 rings (SSSR count). The van der Waals surface area contributed by atoms with Crippen LogP contribution in [0, 0.1) is 0 Å². The summed E-state index contributed by atoms with van der Waals surface area (Å²) in [5, 5.41) is 5.98. The number of carbonyl (C=O) groups is 1. The maximum Gasteiger partial charge on any atom is 0.278 e. The van der Waals surface area contributed by atoms with Gasteiger partial charge in [0.25, 0.3) is 5.91 Å². The molecule has 0 bridgehead atoms. The van der Waals surface area contributed by atoms with Gasteiger partial charge >= 0.3 is 0 Å². The van der Waals surface area contributed by atoms with Crippen LogP contribution in [0.4, 0.5) is 0 Å². The number of aromatic nitrogens is 2. The minimum absolute atomic E-state index is 0.105. The summed E-state index contributed by atoms with van der Waals surface area (Å²) in [6.45, 7) is 0. The first-order chi connectivity index (χ1) is 8.36. The molecule has 0 saturated heterocycles. The highest BCUT2D eigenvalue weighted by atomic mass is 16.2. The van der Waals surface area contributed by atoms with Gasteiger partial charge in [0.05, 0.1) is 0 Å². The molecule has 2 aromatic carbocycles. The third-order valence-electron chi connectivity index (χ3n) is 2.73. The first-order valence-electron chi connectivity index (χ1n) is 5.38. The fourth-order valence-corrected chi connectivity index (χ4v) is 1.92. The van der Waals surface area contributed by atoms with Crippen molar-refractivity contribution in [2.75, 3.05) is 0 Å². The zero-order chi connectivity index (χ0) is 11.7. The predicted octanol–water partition coefficient (Wildman–Crippen LogP) is 2.72. The molecule has 0 saturated carbocycles. The van der Waals surface area contributed by atoms with Crippen molar-refractivity contribution in [2.24, 2.45) is 0 Å². The van der Waals surface area contributed by atoms with Gasteiger partial charge in [0.15, 0.2) is 0 Å². The highest BCUT2D eigenvalue weighted by Crippen LogP contribution is 2.19. The first kappa shape index (κ1) is 9.78. The van der Waals surface area contributed by atoms with Gasteiger partial charge in [0, 0.05) is 18.0 Å². The summed E-state index contributed by atoms with van der Waals surface area (Å²) < 4.78 is 1.35. The number of hydrogen-bond acceptors (Lipinski definition) is 2. The Labute approximate surface area is 98.3 Å². The average Bonchev–Trinajstić information content (AvgIpc) is 2.91. The third kappa shape index (κ3) is 1.61. The minimum Gasteiger partial charge on any atom is -0.267 e. The largest absolute Gasteiger partial charge is 0.278 e. The van der Waals surface area contributed by atoms with Crippen LogP contribution >= 0.6 is 0 Å². The van der Waals surface area contributed by atoms with E-state index < -0.39 is 0 Å². The van der Waals surface area contributed by atoms with E-state index in [0.29, 0.717) is 5.56 Å². The van der Waals surface area contributed by atoms with Crippen molar-refractivity contribution >= 4 is 16.7 Å². The van der Waals surface area contributed by atoms with Crippen molar-refractivity contribution in [3.8, 4) is 0 Å². The first-order valence-corrected chi connectivity index (χ1v) is 5.38.